The molecule has 100 valence electrons. The van der Waals surface area contributed by atoms with Crippen molar-refractivity contribution >= 4 is 23.3 Å². The molecule has 18 heavy (non-hydrogen) atoms. The Balaban J connectivity index is 2.63. The van der Waals surface area contributed by atoms with Crippen LogP contribution in [-0.2, 0) is 4.79 Å². The van der Waals surface area contributed by atoms with Gasteiger partial charge in [0.2, 0.25) is 5.91 Å². The molecule has 0 unspecified atom stereocenters. The number of aliphatic hydroxyl groups is 1. The number of rotatable bonds is 6. The zero-order chi connectivity index (χ0) is 13.6. The Bertz CT molecular complexity index is 411. The molecule has 0 aliphatic carbocycles. The molecule has 0 aliphatic heterocycles. The molecule has 1 heterocycles. The van der Waals surface area contributed by atoms with Gasteiger partial charge in [0.25, 0.3) is 0 Å². The molecule has 0 aromatic carbocycles. The number of aryl methyl sites for hydroxylation is 1. The van der Waals surface area contributed by atoms with Gasteiger partial charge in [-0.25, -0.2) is 0 Å². The highest BCUT2D eigenvalue weighted by atomic mass is 32.1. The average Bonchev–Trinajstić information content (AvgIpc) is 2.80. The lowest BCUT2D eigenvalue weighted by Crippen LogP contribution is -2.49. The van der Waals surface area contributed by atoms with Crippen molar-refractivity contribution in [3.8, 4) is 0 Å². The van der Waals surface area contributed by atoms with Crippen LogP contribution in [0.3, 0.4) is 0 Å². The molecule has 0 fully saturated rings. The molecular weight excluding hydrogens is 246 g/mol. The summed E-state index contributed by atoms with van der Waals surface area (Å²) in [5, 5.41) is 12.3. The minimum absolute atomic E-state index is 0.0301. The van der Waals surface area contributed by atoms with E-state index in [0.29, 0.717) is 0 Å². The zero-order valence-corrected chi connectivity index (χ0v) is 12.0. The van der Waals surface area contributed by atoms with Crippen LogP contribution in [-0.4, -0.2) is 23.2 Å². The molecule has 0 saturated heterocycles. The molecule has 1 amide bonds. The van der Waals surface area contributed by atoms with Crippen LogP contribution >= 0.6 is 11.3 Å². The van der Waals surface area contributed by atoms with E-state index in [0.717, 1.165) is 17.7 Å². The van der Waals surface area contributed by atoms with E-state index in [2.05, 4.69) is 5.32 Å². The first kappa shape index (κ1) is 14.9. The van der Waals surface area contributed by atoms with E-state index in [9.17, 15) is 9.90 Å². The average molecular weight is 267 g/mol. The van der Waals surface area contributed by atoms with E-state index in [1.165, 1.54) is 11.0 Å². The number of amides is 1. The van der Waals surface area contributed by atoms with Crippen LogP contribution < -0.4 is 5.32 Å². The van der Waals surface area contributed by atoms with Crippen molar-refractivity contribution in [1.29, 1.82) is 0 Å². The first-order valence-electron chi connectivity index (χ1n) is 6.22. The SMILES string of the molecule is CCC(CC)(CO)NC(=O)C=Cc1ccc(C)s1. The quantitative estimate of drug-likeness (QED) is 0.779. The fourth-order valence-electron chi connectivity index (χ4n) is 1.69. The van der Waals surface area contributed by atoms with Crippen molar-refractivity contribution < 1.29 is 9.90 Å². The van der Waals surface area contributed by atoms with Crippen molar-refractivity contribution in [2.45, 2.75) is 39.2 Å². The second-order valence-corrected chi connectivity index (χ2v) is 5.74. The number of hydrogen-bond donors (Lipinski definition) is 2. The molecule has 0 bridgehead atoms. The Hall–Kier alpha value is -1.13. The third-order valence-electron chi connectivity index (χ3n) is 3.20. The summed E-state index contributed by atoms with van der Waals surface area (Å²) in [5.41, 5.74) is -0.493. The second-order valence-electron chi connectivity index (χ2n) is 4.42. The van der Waals surface area contributed by atoms with Crippen molar-refractivity contribution in [3.05, 3.63) is 28.0 Å². The maximum atomic E-state index is 11.8. The lowest BCUT2D eigenvalue weighted by Gasteiger charge is -2.30. The van der Waals surface area contributed by atoms with Gasteiger partial charge in [0.1, 0.15) is 0 Å². The normalized spacial score (nSPS) is 12.0. The van der Waals surface area contributed by atoms with Crippen LogP contribution in [0.4, 0.5) is 0 Å². The summed E-state index contributed by atoms with van der Waals surface area (Å²) in [6.45, 7) is 5.93. The van der Waals surface area contributed by atoms with E-state index in [1.54, 1.807) is 17.4 Å². The maximum Gasteiger partial charge on any atom is 0.244 e. The molecule has 2 N–H and O–H groups in total. The predicted molar refractivity (Wildman–Crippen MR) is 76.6 cm³/mol. The van der Waals surface area contributed by atoms with Gasteiger partial charge in [-0.05, 0) is 38.0 Å². The minimum atomic E-state index is -0.493. The summed E-state index contributed by atoms with van der Waals surface area (Å²) >= 11 is 1.65. The molecule has 1 aromatic heterocycles. The van der Waals surface area contributed by atoms with Gasteiger partial charge >= 0.3 is 0 Å². The first-order valence-corrected chi connectivity index (χ1v) is 7.04. The number of carbonyl (C=O) groups is 1. The van der Waals surface area contributed by atoms with Crippen LogP contribution in [0.1, 0.15) is 36.4 Å². The summed E-state index contributed by atoms with van der Waals surface area (Å²) in [5.74, 6) is -0.154. The number of thiophene rings is 1. The van der Waals surface area contributed by atoms with Crippen molar-refractivity contribution in [2.24, 2.45) is 0 Å². The molecule has 1 aromatic rings. The summed E-state index contributed by atoms with van der Waals surface area (Å²) in [4.78, 5) is 14.1. The number of aliphatic hydroxyl groups excluding tert-OH is 1. The Morgan fingerprint density at radius 3 is 2.56 bits per heavy atom. The van der Waals surface area contributed by atoms with E-state index in [4.69, 9.17) is 0 Å². The Morgan fingerprint density at radius 2 is 2.11 bits per heavy atom. The highest BCUT2D eigenvalue weighted by Gasteiger charge is 2.26. The molecular formula is C14H21NO2S. The van der Waals surface area contributed by atoms with Gasteiger partial charge in [0, 0.05) is 15.8 Å². The van der Waals surface area contributed by atoms with E-state index < -0.39 is 5.54 Å². The summed E-state index contributed by atoms with van der Waals surface area (Å²) in [6.07, 6.45) is 4.77. The Morgan fingerprint density at radius 1 is 1.44 bits per heavy atom. The van der Waals surface area contributed by atoms with E-state index in [1.807, 2.05) is 32.9 Å². The summed E-state index contributed by atoms with van der Waals surface area (Å²) in [6, 6.07) is 4.01. The number of carbonyl (C=O) groups excluding carboxylic acids is 1. The molecule has 0 radical (unpaired) electrons. The van der Waals surface area contributed by atoms with Crippen LogP contribution in [0.25, 0.3) is 6.08 Å². The highest BCUT2D eigenvalue weighted by molar-refractivity contribution is 7.12. The van der Waals surface area contributed by atoms with Crippen molar-refractivity contribution in [2.75, 3.05) is 6.61 Å². The van der Waals surface area contributed by atoms with Crippen LogP contribution in [0.5, 0.6) is 0 Å². The van der Waals surface area contributed by atoms with Gasteiger partial charge in [-0.2, -0.15) is 0 Å². The maximum absolute atomic E-state index is 11.8. The fourth-order valence-corrected chi connectivity index (χ4v) is 2.47. The smallest absolute Gasteiger partial charge is 0.244 e. The van der Waals surface area contributed by atoms with Gasteiger partial charge in [-0.15, -0.1) is 11.3 Å². The predicted octanol–water partition coefficient (Wildman–Crippen LogP) is 2.74. The summed E-state index contributed by atoms with van der Waals surface area (Å²) in [7, 11) is 0. The van der Waals surface area contributed by atoms with E-state index >= 15 is 0 Å². The molecule has 0 spiro atoms. The van der Waals surface area contributed by atoms with E-state index in [-0.39, 0.29) is 12.5 Å². The molecule has 0 saturated carbocycles. The third-order valence-corrected chi connectivity index (χ3v) is 4.17. The third kappa shape index (κ3) is 3.96. The number of hydrogen-bond acceptors (Lipinski definition) is 3. The molecule has 0 aliphatic rings. The zero-order valence-electron chi connectivity index (χ0n) is 11.2. The monoisotopic (exact) mass is 267 g/mol. The fraction of sp³-hybridized carbons (Fsp3) is 0.500. The highest BCUT2D eigenvalue weighted by Crippen LogP contribution is 2.17. The van der Waals surface area contributed by atoms with Gasteiger partial charge in [0.15, 0.2) is 0 Å². The molecule has 0 atom stereocenters. The minimum Gasteiger partial charge on any atom is -0.394 e. The van der Waals surface area contributed by atoms with Crippen LogP contribution in [0.2, 0.25) is 0 Å². The lowest BCUT2D eigenvalue weighted by atomic mass is 9.94. The second kappa shape index (κ2) is 6.71. The topological polar surface area (TPSA) is 49.3 Å². The van der Waals surface area contributed by atoms with Crippen molar-refractivity contribution in [1.82, 2.24) is 5.32 Å². The van der Waals surface area contributed by atoms with Crippen molar-refractivity contribution in [3.63, 3.8) is 0 Å². The first-order chi connectivity index (χ1) is 8.55. The molecule has 3 nitrogen and oxygen atoms in total. The standard InChI is InChI=1S/C14H21NO2S/c1-4-14(5-2,10-16)15-13(17)9-8-12-7-6-11(3)18-12/h6-9,16H,4-5,10H2,1-3H3,(H,15,17). The molecule has 4 heteroatoms. The van der Waals surface area contributed by atoms with Crippen LogP contribution in [0.15, 0.2) is 18.2 Å². The van der Waals surface area contributed by atoms with Gasteiger partial charge in [0.05, 0.1) is 12.1 Å². The lowest BCUT2D eigenvalue weighted by molar-refractivity contribution is -0.119. The van der Waals surface area contributed by atoms with Gasteiger partial charge in [-0.1, -0.05) is 13.8 Å². The molecule has 1 rings (SSSR count). The van der Waals surface area contributed by atoms with Crippen LogP contribution in [0, 0.1) is 6.92 Å². The Kier molecular flexibility index (Phi) is 5.56. The van der Waals surface area contributed by atoms with Gasteiger partial charge < -0.3 is 10.4 Å². The largest absolute Gasteiger partial charge is 0.394 e. The van der Waals surface area contributed by atoms with Gasteiger partial charge in [-0.3, -0.25) is 4.79 Å². The number of nitrogens with one attached hydrogen (secondary N) is 1. The summed E-state index contributed by atoms with van der Waals surface area (Å²) < 4.78 is 0. The Labute approximate surface area is 113 Å².